The Kier molecular flexibility index (Phi) is 3.18. The second-order valence-electron chi connectivity index (χ2n) is 1.23. The van der Waals surface area contributed by atoms with Gasteiger partial charge in [0.2, 0.25) is 0 Å². The molecule has 0 heterocycles. The van der Waals surface area contributed by atoms with Gasteiger partial charge in [0.15, 0.2) is 0 Å². The zero-order chi connectivity index (χ0) is 4.99. The summed E-state index contributed by atoms with van der Waals surface area (Å²) in [6.07, 6.45) is 0. The molecule has 0 radical (unpaired) electrons. The largest absolute Gasteiger partial charge is 0.437 e. The highest BCUT2D eigenvalue weighted by molar-refractivity contribution is 6.45. The van der Waals surface area contributed by atoms with E-state index in [1.54, 1.807) is 6.82 Å². The third-order valence-electron chi connectivity index (χ3n) is 0.500. The van der Waals surface area contributed by atoms with Crippen molar-refractivity contribution in [2.75, 3.05) is 6.54 Å². The molecule has 0 aliphatic rings. The average molecular weight is 86.9 g/mol. The topological polar surface area (TPSA) is 32.3 Å². The molecule has 0 bridgehead atoms. The highest BCUT2D eigenvalue weighted by Crippen LogP contribution is 1.60. The molecule has 0 aromatic carbocycles. The van der Waals surface area contributed by atoms with Crippen LogP contribution in [0.4, 0.5) is 0 Å². The van der Waals surface area contributed by atoms with Crippen LogP contribution in [-0.4, -0.2) is 18.6 Å². The molecule has 36 valence electrons. The molecule has 0 rings (SSSR count). The zero-order valence-corrected chi connectivity index (χ0v) is 4.23. The molecule has 0 fully saturated rings. The third-order valence-corrected chi connectivity index (χ3v) is 0.500. The summed E-state index contributed by atoms with van der Waals surface area (Å²) in [5, 5.41) is 11.2. The van der Waals surface area contributed by atoms with Gasteiger partial charge >= 0.3 is 7.05 Å². The number of hydrogen-bond acceptors (Lipinski definition) is 2. The van der Waals surface area contributed by atoms with Gasteiger partial charge in [0.05, 0.1) is 0 Å². The lowest BCUT2D eigenvalue weighted by Crippen LogP contribution is -2.29. The Morgan fingerprint density at radius 1 is 1.83 bits per heavy atom. The fourth-order valence-electron chi connectivity index (χ4n) is 0.295. The fourth-order valence-corrected chi connectivity index (χ4v) is 0.295. The second kappa shape index (κ2) is 3.19. The SMILES string of the molecule is CCNB(C)O. The lowest BCUT2D eigenvalue weighted by atomic mass is 9.89. The molecule has 2 N–H and O–H groups in total. The molecular weight excluding hydrogens is 76.9 g/mol. The molecular formula is C3H10BNO. The summed E-state index contributed by atoms with van der Waals surface area (Å²) < 4.78 is 0. The van der Waals surface area contributed by atoms with Crippen LogP contribution < -0.4 is 5.23 Å². The Morgan fingerprint density at radius 3 is 2.33 bits per heavy atom. The number of nitrogens with one attached hydrogen (secondary N) is 1. The number of hydrogen-bond donors (Lipinski definition) is 2. The van der Waals surface area contributed by atoms with Gasteiger partial charge in [-0.2, -0.15) is 0 Å². The van der Waals surface area contributed by atoms with E-state index in [2.05, 4.69) is 5.23 Å². The quantitative estimate of drug-likeness (QED) is 0.453. The highest BCUT2D eigenvalue weighted by Gasteiger charge is 1.94. The van der Waals surface area contributed by atoms with Gasteiger partial charge in [0.1, 0.15) is 0 Å². The average Bonchev–Trinajstić information content (AvgIpc) is 1.35. The maximum Gasteiger partial charge on any atom is 0.373 e. The van der Waals surface area contributed by atoms with E-state index in [4.69, 9.17) is 5.02 Å². The van der Waals surface area contributed by atoms with Crippen LogP contribution in [0.15, 0.2) is 0 Å². The van der Waals surface area contributed by atoms with Gasteiger partial charge in [0.25, 0.3) is 0 Å². The van der Waals surface area contributed by atoms with Crippen LogP contribution in [0.25, 0.3) is 0 Å². The van der Waals surface area contributed by atoms with Crippen LogP contribution >= 0.6 is 0 Å². The summed E-state index contributed by atoms with van der Waals surface area (Å²) in [5.41, 5.74) is 0. The lowest BCUT2D eigenvalue weighted by molar-refractivity contribution is 0.558. The molecule has 2 nitrogen and oxygen atoms in total. The van der Waals surface area contributed by atoms with E-state index < -0.39 is 0 Å². The normalized spacial score (nSPS) is 8.50. The molecule has 0 aliphatic carbocycles. The summed E-state index contributed by atoms with van der Waals surface area (Å²) >= 11 is 0. The highest BCUT2D eigenvalue weighted by atomic mass is 16.2. The molecule has 0 unspecified atom stereocenters. The van der Waals surface area contributed by atoms with E-state index in [0.717, 1.165) is 6.54 Å². The van der Waals surface area contributed by atoms with Crippen LogP contribution in [0.3, 0.4) is 0 Å². The standard InChI is InChI=1S/C3H10BNO/c1-3-5-4(2)6/h5-6H,3H2,1-2H3. The third kappa shape index (κ3) is 3.98. The lowest BCUT2D eigenvalue weighted by Gasteiger charge is -1.94. The molecule has 0 spiro atoms. The van der Waals surface area contributed by atoms with Gasteiger partial charge in [-0.15, -0.1) is 0 Å². The minimum absolute atomic E-state index is 0.352. The smallest absolute Gasteiger partial charge is 0.373 e. The molecule has 0 atom stereocenters. The van der Waals surface area contributed by atoms with Gasteiger partial charge < -0.3 is 10.3 Å². The predicted molar refractivity (Wildman–Crippen MR) is 27.5 cm³/mol. The summed E-state index contributed by atoms with van der Waals surface area (Å²) in [5.74, 6) is 0. The second-order valence-corrected chi connectivity index (χ2v) is 1.23. The maximum absolute atomic E-state index is 8.44. The van der Waals surface area contributed by atoms with Crippen molar-refractivity contribution in [3.63, 3.8) is 0 Å². The molecule has 0 saturated heterocycles. The first kappa shape index (κ1) is 5.98. The van der Waals surface area contributed by atoms with Gasteiger partial charge in [-0.25, -0.2) is 0 Å². The van der Waals surface area contributed by atoms with E-state index in [1.807, 2.05) is 6.92 Å². The van der Waals surface area contributed by atoms with Crippen LogP contribution in [0.1, 0.15) is 6.92 Å². The van der Waals surface area contributed by atoms with Crippen molar-refractivity contribution >= 4 is 7.05 Å². The maximum atomic E-state index is 8.44. The van der Waals surface area contributed by atoms with E-state index in [9.17, 15) is 0 Å². The molecule has 0 aliphatic heterocycles. The van der Waals surface area contributed by atoms with Crippen LogP contribution in [0.2, 0.25) is 6.82 Å². The van der Waals surface area contributed by atoms with Crippen molar-refractivity contribution in [1.82, 2.24) is 5.23 Å². The van der Waals surface area contributed by atoms with Gasteiger partial charge in [-0.3, -0.25) is 0 Å². The summed E-state index contributed by atoms with van der Waals surface area (Å²) in [4.78, 5) is 0. The number of rotatable bonds is 2. The summed E-state index contributed by atoms with van der Waals surface area (Å²) in [7, 11) is -0.352. The Labute approximate surface area is 38.7 Å². The van der Waals surface area contributed by atoms with Crippen LogP contribution in [-0.2, 0) is 0 Å². The summed E-state index contributed by atoms with van der Waals surface area (Å²) in [6.45, 7) is 4.48. The first-order valence-electron chi connectivity index (χ1n) is 2.18. The van der Waals surface area contributed by atoms with Gasteiger partial charge in [0, 0.05) is 0 Å². The fraction of sp³-hybridized carbons (Fsp3) is 1.00. The monoisotopic (exact) mass is 87.1 g/mol. The summed E-state index contributed by atoms with van der Waals surface area (Å²) in [6, 6.07) is 0. The Morgan fingerprint density at radius 2 is 2.33 bits per heavy atom. The van der Waals surface area contributed by atoms with Gasteiger partial charge in [-0.05, 0) is 13.4 Å². The van der Waals surface area contributed by atoms with E-state index in [0.29, 0.717) is 0 Å². The minimum atomic E-state index is -0.352. The molecule has 3 heteroatoms. The zero-order valence-electron chi connectivity index (χ0n) is 4.23. The van der Waals surface area contributed by atoms with Crippen molar-refractivity contribution in [3.8, 4) is 0 Å². The van der Waals surface area contributed by atoms with Crippen molar-refractivity contribution in [3.05, 3.63) is 0 Å². The van der Waals surface area contributed by atoms with Crippen LogP contribution in [0, 0.1) is 0 Å². The van der Waals surface area contributed by atoms with Crippen LogP contribution in [0.5, 0.6) is 0 Å². The van der Waals surface area contributed by atoms with E-state index in [1.165, 1.54) is 0 Å². The Balaban J connectivity index is 2.63. The molecule has 0 aromatic rings. The molecule has 0 aromatic heterocycles. The van der Waals surface area contributed by atoms with Gasteiger partial charge in [-0.1, -0.05) is 6.92 Å². The Hall–Kier alpha value is -0.0151. The van der Waals surface area contributed by atoms with E-state index >= 15 is 0 Å². The first-order valence-corrected chi connectivity index (χ1v) is 2.18. The molecule has 0 amide bonds. The minimum Gasteiger partial charge on any atom is -0.437 e. The first-order chi connectivity index (χ1) is 2.77. The van der Waals surface area contributed by atoms with Crippen molar-refractivity contribution in [2.24, 2.45) is 0 Å². The van der Waals surface area contributed by atoms with Crippen molar-refractivity contribution in [2.45, 2.75) is 13.7 Å². The molecule has 0 saturated carbocycles. The predicted octanol–water partition coefficient (Wildman–Crippen LogP) is -0.294. The molecule has 6 heavy (non-hydrogen) atoms. The van der Waals surface area contributed by atoms with Crippen molar-refractivity contribution in [1.29, 1.82) is 0 Å². The van der Waals surface area contributed by atoms with E-state index in [-0.39, 0.29) is 7.05 Å². The Bertz CT molecular complexity index is 32.0. The van der Waals surface area contributed by atoms with Crippen molar-refractivity contribution < 1.29 is 5.02 Å².